The Labute approximate surface area is 163 Å². The topological polar surface area (TPSA) is 92.3 Å². The number of aromatic nitrogens is 2. The molecule has 4 rings (SSSR count). The van der Waals surface area contributed by atoms with Gasteiger partial charge >= 0.3 is 0 Å². The number of amides is 1. The van der Waals surface area contributed by atoms with Crippen molar-refractivity contribution in [3.05, 3.63) is 60.4 Å². The average Bonchev–Trinajstić information content (AvgIpc) is 3.07. The molecule has 1 atom stereocenters. The van der Waals surface area contributed by atoms with E-state index in [2.05, 4.69) is 15.3 Å². The van der Waals surface area contributed by atoms with Crippen molar-refractivity contribution in [1.29, 1.82) is 0 Å². The first-order valence-electron chi connectivity index (χ1n) is 8.97. The van der Waals surface area contributed by atoms with Gasteiger partial charge in [-0.15, -0.1) is 0 Å². The minimum absolute atomic E-state index is 0.0209. The lowest BCUT2D eigenvalue weighted by atomic mass is 10.1. The average molecular weight is 396 g/mol. The molecule has 28 heavy (non-hydrogen) atoms. The third-order valence-electron chi connectivity index (χ3n) is 4.98. The van der Waals surface area contributed by atoms with Crippen LogP contribution >= 0.6 is 0 Å². The van der Waals surface area contributed by atoms with Crippen LogP contribution in [0.3, 0.4) is 0 Å². The van der Waals surface area contributed by atoms with Crippen molar-refractivity contribution in [2.75, 3.05) is 23.9 Å². The van der Waals surface area contributed by atoms with Crippen LogP contribution < -0.4 is 5.32 Å². The number of hydrogen-bond donors (Lipinski definition) is 1. The summed E-state index contributed by atoms with van der Waals surface area (Å²) in [6.07, 6.45) is 3.77. The molecule has 1 unspecified atom stereocenters. The lowest BCUT2D eigenvalue weighted by Crippen LogP contribution is -2.37. The maximum absolute atomic E-state index is 12.8. The minimum Gasteiger partial charge on any atom is -0.338 e. The monoisotopic (exact) mass is 396 g/mol. The summed E-state index contributed by atoms with van der Waals surface area (Å²) in [5.41, 5.74) is 2.07. The van der Waals surface area contributed by atoms with E-state index >= 15 is 0 Å². The maximum atomic E-state index is 12.8. The fourth-order valence-electron chi connectivity index (χ4n) is 3.43. The summed E-state index contributed by atoms with van der Waals surface area (Å²) in [5, 5.41) is 4.23. The molecule has 144 valence electrons. The molecule has 1 aromatic carbocycles. The van der Waals surface area contributed by atoms with E-state index in [9.17, 15) is 13.2 Å². The van der Waals surface area contributed by atoms with E-state index in [4.69, 9.17) is 0 Å². The smallest absolute Gasteiger partial charge is 0.254 e. The molecule has 1 N–H and O–H groups in total. The second-order valence-electron chi connectivity index (χ2n) is 6.91. The number of carbonyl (C=O) groups is 1. The van der Waals surface area contributed by atoms with Crippen LogP contribution in [0.4, 0.5) is 11.5 Å². The molecule has 8 heteroatoms. The molecular formula is C20H20N4O3S. The quantitative estimate of drug-likeness (QED) is 0.729. The molecule has 1 saturated heterocycles. The Hall–Kier alpha value is -3.00. The van der Waals surface area contributed by atoms with Crippen LogP contribution in [0.15, 0.2) is 54.9 Å². The molecule has 1 amide bonds. The number of fused-ring (bicyclic) bond motifs is 1. The first kappa shape index (κ1) is 18.4. The van der Waals surface area contributed by atoms with E-state index in [-0.39, 0.29) is 23.5 Å². The first-order chi connectivity index (χ1) is 13.4. The number of rotatable bonds is 4. The normalized spacial score (nSPS) is 18.1. The van der Waals surface area contributed by atoms with E-state index in [1.807, 2.05) is 30.3 Å². The molecule has 1 aliphatic rings. The van der Waals surface area contributed by atoms with E-state index in [0.29, 0.717) is 17.8 Å². The zero-order valence-electron chi connectivity index (χ0n) is 15.4. The molecule has 1 fully saturated rings. The summed E-state index contributed by atoms with van der Waals surface area (Å²) < 4.78 is 23.4. The summed E-state index contributed by atoms with van der Waals surface area (Å²) in [7, 11) is -1.40. The van der Waals surface area contributed by atoms with Crippen molar-refractivity contribution in [3.8, 4) is 0 Å². The number of carbonyl (C=O) groups excluding carboxylic acids is 1. The summed E-state index contributed by atoms with van der Waals surface area (Å²) in [5.74, 6) is 0.458. The van der Waals surface area contributed by atoms with E-state index in [0.717, 1.165) is 16.6 Å². The number of anilines is 2. The lowest BCUT2D eigenvalue weighted by Gasteiger charge is -2.23. The van der Waals surface area contributed by atoms with Gasteiger partial charge in [0, 0.05) is 36.4 Å². The molecule has 0 spiro atoms. The van der Waals surface area contributed by atoms with Crippen LogP contribution in [-0.4, -0.2) is 53.8 Å². The van der Waals surface area contributed by atoms with Gasteiger partial charge in [-0.25, -0.2) is 13.4 Å². The molecule has 0 saturated carbocycles. The van der Waals surface area contributed by atoms with Gasteiger partial charge in [0.25, 0.3) is 5.91 Å². The van der Waals surface area contributed by atoms with Gasteiger partial charge in [0.1, 0.15) is 5.82 Å². The second kappa shape index (κ2) is 7.20. The van der Waals surface area contributed by atoms with Crippen LogP contribution in [0.1, 0.15) is 16.8 Å². The van der Waals surface area contributed by atoms with Gasteiger partial charge in [0.15, 0.2) is 9.84 Å². The van der Waals surface area contributed by atoms with Crippen molar-refractivity contribution >= 4 is 38.2 Å². The Kier molecular flexibility index (Phi) is 4.72. The Morgan fingerprint density at radius 3 is 2.75 bits per heavy atom. The Morgan fingerprint density at radius 2 is 1.96 bits per heavy atom. The molecule has 0 radical (unpaired) electrons. The zero-order valence-corrected chi connectivity index (χ0v) is 16.2. The first-order valence-corrected chi connectivity index (χ1v) is 10.8. The molecule has 1 aliphatic heterocycles. The van der Waals surface area contributed by atoms with E-state index < -0.39 is 9.84 Å². The van der Waals surface area contributed by atoms with E-state index in [1.54, 1.807) is 31.6 Å². The van der Waals surface area contributed by atoms with Crippen LogP contribution in [0.25, 0.3) is 10.9 Å². The number of sulfone groups is 1. The van der Waals surface area contributed by atoms with Crippen molar-refractivity contribution in [2.24, 2.45) is 0 Å². The largest absolute Gasteiger partial charge is 0.338 e. The predicted octanol–water partition coefficient (Wildman–Crippen LogP) is 2.63. The third kappa shape index (κ3) is 3.68. The molecule has 0 aliphatic carbocycles. The van der Waals surface area contributed by atoms with Crippen molar-refractivity contribution in [3.63, 3.8) is 0 Å². The van der Waals surface area contributed by atoms with Crippen LogP contribution in [0.2, 0.25) is 0 Å². The lowest BCUT2D eigenvalue weighted by molar-refractivity contribution is 0.0747. The van der Waals surface area contributed by atoms with Crippen LogP contribution in [0, 0.1) is 0 Å². The number of pyridine rings is 2. The van der Waals surface area contributed by atoms with Crippen molar-refractivity contribution in [1.82, 2.24) is 14.9 Å². The predicted molar refractivity (Wildman–Crippen MR) is 108 cm³/mol. The minimum atomic E-state index is -3.05. The zero-order chi connectivity index (χ0) is 19.7. The Bertz CT molecular complexity index is 1140. The van der Waals surface area contributed by atoms with Gasteiger partial charge < -0.3 is 10.2 Å². The van der Waals surface area contributed by atoms with Crippen molar-refractivity contribution in [2.45, 2.75) is 12.5 Å². The highest BCUT2D eigenvalue weighted by Crippen LogP contribution is 2.24. The highest BCUT2D eigenvalue weighted by atomic mass is 32.2. The standard InChI is InChI=1S/C20H20N4O3S/c1-24(16-8-11-28(26,27)13-16)20(25)15-7-10-21-18(12-15)23-17-6-2-4-14-5-3-9-22-19(14)17/h2-7,9-10,12,16H,8,11,13H2,1H3,(H,21,23). The SMILES string of the molecule is CN(C(=O)c1ccnc(Nc2cccc3cccnc23)c1)C1CCS(=O)(=O)C1. The highest BCUT2D eigenvalue weighted by Gasteiger charge is 2.33. The highest BCUT2D eigenvalue weighted by molar-refractivity contribution is 7.91. The van der Waals surface area contributed by atoms with Crippen molar-refractivity contribution < 1.29 is 13.2 Å². The van der Waals surface area contributed by atoms with Gasteiger partial charge in [-0.1, -0.05) is 18.2 Å². The molecular weight excluding hydrogens is 376 g/mol. The molecule has 7 nitrogen and oxygen atoms in total. The third-order valence-corrected chi connectivity index (χ3v) is 6.73. The number of nitrogens with zero attached hydrogens (tertiary/aromatic N) is 3. The van der Waals surface area contributed by atoms with Gasteiger partial charge in [0.2, 0.25) is 0 Å². The van der Waals surface area contributed by atoms with E-state index in [1.165, 1.54) is 4.90 Å². The summed E-state index contributed by atoms with van der Waals surface area (Å²) >= 11 is 0. The molecule has 2 aromatic heterocycles. The summed E-state index contributed by atoms with van der Waals surface area (Å²) in [6.45, 7) is 0. The molecule has 3 aromatic rings. The number of nitrogens with one attached hydrogen (secondary N) is 1. The summed E-state index contributed by atoms with van der Waals surface area (Å²) in [6, 6.07) is 12.7. The number of para-hydroxylation sites is 1. The number of hydrogen-bond acceptors (Lipinski definition) is 6. The van der Waals surface area contributed by atoms with Crippen LogP contribution in [0.5, 0.6) is 0 Å². The molecule has 3 heterocycles. The van der Waals surface area contributed by atoms with Crippen LogP contribution in [-0.2, 0) is 9.84 Å². The fourth-order valence-corrected chi connectivity index (χ4v) is 5.20. The Balaban J connectivity index is 1.57. The number of benzene rings is 1. The summed E-state index contributed by atoms with van der Waals surface area (Å²) in [4.78, 5) is 23.0. The van der Waals surface area contributed by atoms with Gasteiger partial charge in [-0.2, -0.15) is 0 Å². The fraction of sp³-hybridized carbons (Fsp3) is 0.250. The van der Waals surface area contributed by atoms with Gasteiger partial charge in [-0.05, 0) is 30.7 Å². The van der Waals surface area contributed by atoms with Gasteiger partial charge in [0.05, 0.1) is 22.7 Å². The maximum Gasteiger partial charge on any atom is 0.254 e. The second-order valence-corrected chi connectivity index (χ2v) is 9.14. The van der Waals surface area contributed by atoms with Gasteiger partial charge in [-0.3, -0.25) is 9.78 Å². The Morgan fingerprint density at radius 1 is 1.14 bits per heavy atom. The molecule has 0 bridgehead atoms.